The number of nitrogens with zero attached hydrogens (tertiary/aromatic N) is 3. The zero-order chi connectivity index (χ0) is 22.6. The van der Waals surface area contributed by atoms with Gasteiger partial charge in [-0.3, -0.25) is 9.59 Å². The zero-order valence-corrected chi connectivity index (χ0v) is 20.1. The number of hydrogen-bond donors (Lipinski definition) is 1. The molecule has 2 rings (SSSR count). The van der Waals surface area contributed by atoms with Gasteiger partial charge in [0.1, 0.15) is 5.01 Å². The van der Waals surface area contributed by atoms with Gasteiger partial charge in [-0.1, -0.05) is 81.2 Å². The Balaban J connectivity index is 1.93. The van der Waals surface area contributed by atoms with Crippen LogP contribution >= 0.6 is 11.3 Å². The van der Waals surface area contributed by atoms with Gasteiger partial charge >= 0.3 is 0 Å². The lowest BCUT2D eigenvalue weighted by molar-refractivity contribution is -0.136. The van der Waals surface area contributed by atoms with Gasteiger partial charge in [-0.05, 0) is 26.2 Å². The van der Waals surface area contributed by atoms with Crippen molar-refractivity contribution in [3.63, 3.8) is 0 Å². The molecular weight excluding hydrogens is 408 g/mol. The lowest BCUT2D eigenvalue weighted by atomic mass is 9.97. The van der Waals surface area contributed by atoms with Gasteiger partial charge in [-0.25, -0.2) is 0 Å². The molecule has 6 nitrogen and oxygen atoms in total. The highest BCUT2D eigenvalue weighted by molar-refractivity contribution is 7.18. The molecule has 0 unspecified atom stereocenters. The highest BCUT2D eigenvalue weighted by atomic mass is 32.1. The molecule has 7 heteroatoms. The summed E-state index contributed by atoms with van der Waals surface area (Å²) in [5, 5.41) is 12.4. The second kappa shape index (κ2) is 13.2. The minimum absolute atomic E-state index is 0.0556. The summed E-state index contributed by atoms with van der Waals surface area (Å²) in [5.41, 5.74) is 2.17. The Hall–Kier alpha value is -2.28. The molecule has 0 bridgehead atoms. The summed E-state index contributed by atoms with van der Waals surface area (Å²) in [4.78, 5) is 27.4. The monoisotopic (exact) mass is 444 g/mol. The van der Waals surface area contributed by atoms with E-state index in [1.807, 2.05) is 36.1 Å². The fourth-order valence-electron chi connectivity index (χ4n) is 3.40. The SMILES string of the molecule is CCCC[C@H](CC)C(=O)N(CCCC)CCC(=O)Nc1nnc(-c2ccc(C)cc2)s1. The predicted molar refractivity (Wildman–Crippen MR) is 128 cm³/mol. The van der Waals surface area contributed by atoms with Crippen molar-refractivity contribution in [1.29, 1.82) is 0 Å². The van der Waals surface area contributed by atoms with E-state index in [0.717, 1.165) is 49.1 Å². The minimum atomic E-state index is -0.137. The number of nitrogens with one attached hydrogen (secondary N) is 1. The van der Waals surface area contributed by atoms with Crippen molar-refractivity contribution < 1.29 is 9.59 Å². The number of rotatable bonds is 13. The van der Waals surface area contributed by atoms with Crippen LogP contribution in [0.4, 0.5) is 5.13 Å². The number of unbranched alkanes of at least 4 members (excludes halogenated alkanes) is 2. The van der Waals surface area contributed by atoms with Crippen LogP contribution in [0.2, 0.25) is 0 Å². The van der Waals surface area contributed by atoms with E-state index >= 15 is 0 Å². The molecule has 2 aromatic rings. The highest BCUT2D eigenvalue weighted by Gasteiger charge is 2.23. The highest BCUT2D eigenvalue weighted by Crippen LogP contribution is 2.26. The molecule has 0 fully saturated rings. The van der Waals surface area contributed by atoms with Gasteiger partial charge in [0, 0.05) is 31.0 Å². The summed E-state index contributed by atoms with van der Waals surface area (Å²) < 4.78 is 0. The Morgan fingerprint density at radius 1 is 1.03 bits per heavy atom. The van der Waals surface area contributed by atoms with E-state index in [9.17, 15) is 9.59 Å². The van der Waals surface area contributed by atoms with Crippen LogP contribution in [0.15, 0.2) is 24.3 Å². The Morgan fingerprint density at radius 3 is 2.39 bits per heavy atom. The van der Waals surface area contributed by atoms with Crippen molar-refractivity contribution in [2.75, 3.05) is 18.4 Å². The van der Waals surface area contributed by atoms with Crippen LogP contribution < -0.4 is 5.32 Å². The molecule has 1 heterocycles. The van der Waals surface area contributed by atoms with Gasteiger partial charge < -0.3 is 10.2 Å². The first kappa shape index (κ1) is 25.0. The smallest absolute Gasteiger partial charge is 0.227 e. The number of aromatic nitrogens is 2. The first-order valence-electron chi connectivity index (χ1n) is 11.5. The Bertz CT molecular complexity index is 819. The summed E-state index contributed by atoms with van der Waals surface area (Å²) in [7, 11) is 0. The molecule has 1 atom stereocenters. The van der Waals surface area contributed by atoms with E-state index in [1.165, 1.54) is 16.9 Å². The molecule has 170 valence electrons. The van der Waals surface area contributed by atoms with Crippen molar-refractivity contribution in [3.05, 3.63) is 29.8 Å². The first-order valence-corrected chi connectivity index (χ1v) is 12.3. The van der Waals surface area contributed by atoms with Gasteiger partial charge in [0.05, 0.1) is 0 Å². The van der Waals surface area contributed by atoms with Gasteiger partial charge in [-0.15, -0.1) is 10.2 Å². The molecule has 1 aromatic carbocycles. The molecule has 0 aliphatic rings. The quantitative estimate of drug-likeness (QED) is 0.431. The van der Waals surface area contributed by atoms with Gasteiger partial charge in [0.2, 0.25) is 16.9 Å². The second-order valence-corrected chi connectivity index (χ2v) is 8.98. The van der Waals surface area contributed by atoms with Gasteiger partial charge in [0.25, 0.3) is 0 Å². The van der Waals surface area contributed by atoms with Crippen LogP contribution in [0.25, 0.3) is 10.6 Å². The molecule has 0 saturated heterocycles. The number of aryl methyl sites for hydroxylation is 1. The van der Waals surface area contributed by atoms with Crippen LogP contribution in [0.1, 0.15) is 71.3 Å². The molecule has 0 radical (unpaired) electrons. The van der Waals surface area contributed by atoms with Crippen molar-refractivity contribution >= 4 is 28.3 Å². The van der Waals surface area contributed by atoms with E-state index in [4.69, 9.17) is 0 Å². The topological polar surface area (TPSA) is 75.2 Å². The number of amides is 2. The van der Waals surface area contributed by atoms with Crippen LogP contribution in [-0.2, 0) is 9.59 Å². The maximum Gasteiger partial charge on any atom is 0.227 e. The Morgan fingerprint density at radius 2 is 1.74 bits per heavy atom. The molecule has 1 N–H and O–H groups in total. The largest absolute Gasteiger partial charge is 0.342 e. The van der Waals surface area contributed by atoms with Crippen molar-refractivity contribution in [2.45, 2.75) is 72.6 Å². The van der Waals surface area contributed by atoms with E-state index in [-0.39, 0.29) is 24.2 Å². The molecule has 0 aliphatic heterocycles. The van der Waals surface area contributed by atoms with Crippen LogP contribution in [0, 0.1) is 12.8 Å². The molecule has 31 heavy (non-hydrogen) atoms. The second-order valence-electron chi connectivity index (χ2n) is 8.00. The number of anilines is 1. The summed E-state index contributed by atoms with van der Waals surface area (Å²) in [5.74, 6) is 0.109. The summed E-state index contributed by atoms with van der Waals surface area (Å²) in [6, 6.07) is 8.06. The average molecular weight is 445 g/mol. The zero-order valence-electron chi connectivity index (χ0n) is 19.3. The maximum atomic E-state index is 13.0. The molecule has 1 aromatic heterocycles. The van der Waals surface area contributed by atoms with Crippen LogP contribution in [0.5, 0.6) is 0 Å². The fourth-order valence-corrected chi connectivity index (χ4v) is 4.16. The van der Waals surface area contributed by atoms with Gasteiger partial charge in [-0.2, -0.15) is 0 Å². The van der Waals surface area contributed by atoms with E-state index in [2.05, 4.69) is 36.3 Å². The van der Waals surface area contributed by atoms with E-state index in [0.29, 0.717) is 18.2 Å². The van der Waals surface area contributed by atoms with E-state index in [1.54, 1.807) is 0 Å². The third-order valence-electron chi connectivity index (χ3n) is 5.42. The van der Waals surface area contributed by atoms with Crippen molar-refractivity contribution in [3.8, 4) is 10.6 Å². The summed E-state index contributed by atoms with van der Waals surface area (Å²) in [6.45, 7) is 9.53. The molecule has 0 saturated carbocycles. The minimum Gasteiger partial charge on any atom is -0.342 e. The van der Waals surface area contributed by atoms with Gasteiger partial charge in [0.15, 0.2) is 0 Å². The number of hydrogen-bond acceptors (Lipinski definition) is 5. The third-order valence-corrected chi connectivity index (χ3v) is 6.31. The standard InChI is InChI=1S/C24H36N4O2S/c1-5-8-10-19(7-3)23(30)28(16-9-6-2)17-15-21(29)25-24-27-26-22(31-24)20-13-11-18(4)12-14-20/h11-14,19H,5-10,15-17H2,1-4H3,(H,25,27,29)/t19-/m0/s1. The first-order chi connectivity index (χ1) is 15.0. The summed E-state index contributed by atoms with van der Waals surface area (Å²) in [6.07, 6.45) is 6.16. The lowest BCUT2D eigenvalue weighted by Crippen LogP contribution is -2.38. The van der Waals surface area contributed by atoms with E-state index < -0.39 is 0 Å². The predicted octanol–water partition coefficient (Wildman–Crippen LogP) is 5.69. The molecule has 2 amide bonds. The number of carbonyl (C=O) groups is 2. The molecular formula is C24H36N4O2S. The number of carbonyl (C=O) groups excluding carboxylic acids is 2. The van der Waals surface area contributed by atoms with Crippen molar-refractivity contribution in [1.82, 2.24) is 15.1 Å². The Kier molecular flexibility index (Phi) is 10.6. The van der Waals surface area contributed by atoms with Crippen LogP contribution in [-0.4, -0.2) is 40.0 Å². The molecule has 0 spiro atoms. The third kappa shape index (κ3) is 8.05. The summed E-state index contributed by atoms with van der Waals surface area (Å²) >= 11 is 1.36. The average Bonchev–Trinajstić information content (AvgIpc) is 3.23. The normalized spacial score (nSPS) is 11.9. The fraction of sp³-hybridized carbons (Fsp3) is 0.583. The van der Waals surface area contributed by atoms with Crippen LogP contribution in [0.3, 0.4) is 0 Å². The lowest BCUT2D eigenvalue weighted by Gasteiger charge is -2.27. The Labute approximate surface area is 190 Å². The maximum absolute atomic E-state index is 13.0. The van der Waals surface area contributed by atoms with Crippen molar-refractivity contribution in [2.24, 2.45) is 5.92 Å². The number of benzene rings is 1. The molecule has 0 aliphatic carbocycles.